The molecule has 3 aromatic heterocycles. The lowest BCUT2D eigenvalue weighted by Gasteiger charge is -2.05. The number of rotatable bonds is 5. The number of nitrogens with one attached hydrogen (secondary N) is 1. The lowest BCUT2D eigenvalue weighted by molar-refractivity contribution is 0.0994. The van der Waals surface area contributed by atoms with Crippen molar-refractivity contribution in [3.8, 4) is 0 Å². The van der Waals surface area contributed by atoms with E-state index < -0.39 is 0 Å². The number of carbonyl (C=O) groups is 1. The molecule has 0 aliphatic heterocycles. The van der Waals surface area contributed by atoms with Gasteiger partial charge in [0.15, 0.2) is 5.76 Å². The van der Waals surface area contributed by atoms with Gasteiger partial charge < -0.3 is 9.73 Å². The van der Waals surface area contributed by atoms with Crippen molar-refractivity contribution < 1.29 is 9.21 Å². The second kappa shape index (κ2) is 7.11. The summed E-state index contributed by atoms with van der Waals surface area (Å²) in [6.45, 7) is 11.0. The minimum Gasteiger partial charge on any atom is -0.454 e. The normalized spacial score (nSPS) is 11.2. The molecule has 3 aromatic rings. The van der Waals surface area contributed by atoms with Gasteiger partial charge in [-0.1, -0.05) is 0 Å². The van der Waals surface area contributed by atoms with Gasteiger partial charge in [-0.05, 0) is 62.7 Å². The molecule has 0 unspecified atom stereocenters. The first-order valence-electron chi connectivity index (χ1n) is 8.45. The maximum atomic E-state index is 12.5. The van der Waals surface area contributed by atoms with Gasteiger partial charge in [-0.15, -0.1) is 0 Å². The molecule has 0 saturated carbocycles. The van der Waals surface area contributed by atoms with Crippen LogP contribution in [-0.4, -0.2) is 25.5 Å². The highest BCUT2D eigenvalue weighted by Gasteiger charge is 2.18. The summed E-state index contributed by atoms with van der Waals surface area (Å²) in [6, 6.07) is 3.48. The largest absolute Gasteiger partial charge is 0.454 e. The maximum Gasteiger partial charge on any atom is 0.291 e. The van der Waals surface area contributed by atoms with Gasteiger partial charge in [-0.2, -0.15) is 10.2 Å². The third kappa shape index (κ3) is 3.33. The van der Waals surface area contributed by atoms with Gasteiger partial charge in [0, 0.05) is 6.54 Å². The Bertz CT molecular complexity index is 967. The number of hydrogen-bond acceptors (Lipinski definition) is 4. The molecule has 3 rings (SSSR count). The number of amides is 1. The summed E-state index contributed by atoms with van der Waals surface area (Å²) < 4.78 is 10.4. The summed E-state index contributed by atoms with van der Waals surface area (Å²) in [5, 5.41) is 11.8. The average molecular weight is 420 g/mol. The molecule has 1 amide bonds. The molecular formula is C18H22BrN5O2. The fraction of sp³-hybridized carbons (Fsp3) is 0.389. The molecule has 26 heavy (non-hydrogen) atoms. The molecule has 0 aromatic carbocycles. The number of hydrogen-bond donors (Lipinski definition) is 1. The van der Waals surface area contributed by atoms with Gasteiger partial charge in [0.2, 0.25) is 0 Å². The standard InChI is InChI=1S/C18H22BrN5O2/c1-6-23-13(5)17(11(3)22-23)20-18(25)15-8-7-14(26-15)9-24-12(4)16(19)10(2)21-24/h7-8H,6,9H2,1-5H3,(H,20,25). The minimum absolute atomic E-state index is 0.267. The van der Waals surface area contributed by atoms with Crippen molar-refractivity contribution in [3.05, 3.63) is 50.9 Å². The molecule has 7 nitrogen and oxygen atoms in total. The molecule has 0 saturated heterocycles. The zero-order chi connectivity index (χ0) is 19.0. The lowest BCUT2D eigenvalue weighted by atomic mass is 10.3. The summed E-state index contributed by atoms with van der Waals surface area (Å²) in [6.07, 6.45) is 0. The Morgan fingerprint density at radius 2 is 1.81 bits per heavy atom. The molecule has 3 heterocycles. The van der Waals surface area contributed by atoms with Gasteiger partial charge >= 0.3 is 0 Å². The third-order valence-electron chi connectivity index (χ3n) is 4.40. The lowest BCUT2D eigenvalue weighted by Crippen LogP contribution is -2.12. The van der Waals surface area contributed by atoms with Gasteiger partial charge in [-0.3, -0.25) is 14.2 Å². The quantitative estimate of drug-likeness (QED) is 0.677. The Labute approximate surface area is 160 Å². The molecule has 1 N–H and O–H groups in total. The third-order valence-corrected chi connectivity index (χ3v) is 5.55. The summed E-state index contributed by atoms with van der Waals surface area (Å²) in [5.41, 5.74) is 4.39. The van der Waals surface area contributed by atoms with Crippen LogP contribution in [0.4, 0.5) is 5.69 Å². The molecule has 0 atom stereocenters. The second-order valence-corrected chi connectivity index (χ2v) is 7.02. The van der Waals surface area contributed by atoms with Crippen molar-refractivity contribution in [1.29, 1.82) is 0 Å². The zero-order valence-electron chi connectivity index (χ0n) is 15.6. The van der Waals surface area contributed by atoms with Crippen molar-refractivity contribution in [3.63, 3.8) is 0 Å². The fourth-order valence-electron chi connectivity index (χ4n) is 2.92. The van der Waals surface area contributed by atoms with Gasteiger partial charge in [0.05, 0.1) is 39.5 Å². The van der Waals surface area contributed by atoms with E-state index in [1.165, 1.54) is 0 Å². The Balaban J connectivity index is 1.76. The molecule has 8 heteroatoms. The number of aryl methyl sites for hydroxylation is 3. The predicted octanol–water partition coefficient (Wildman–Crippen LogP) is 3.99. The van der Waals surface area contributed by atoms with Crippen LogP contribution in [0.25, 0.3) is 0 Å². The van der Waals surface area contributed by atoms with Gasteiger partial charge in [-0.25, -0.2) is 0 Å². The molecule has 0 radical (unpaired) electrons. The van der Waals surface area contributed by atoms with E-state index in [0.717, 1.165) is 39.5 Å². The van der Waals surface area contributed by atoms with Crippen LogP contribution in [0, 0.1) is 27.7 Å². The van der Waals surface area contributed by atoms with Crippen LogP contribution in [-0.2, 0) is 13.1 Å². The minimum atomic E-state index is -0.285. The average Bonchev–Trinajstić information content (AvgIpc) is 3.25. The van der Waals surface area contributed by atoms with Crippen LogP contribution >= 0.6 is 15.9 Å². The number of aromatic nitrogens is 4. The monoisotopic (exact) mass is 419 g/mol. The Morgan fingerprint density at radius 1 is 1.12 bits per heavy atom. The number of anilines is 1. The van der Waals surface area contributed by atoms with E-state index in [1.807, 2.05) is 44.0 Å². The Hall–Kier alpha value is -2.35. The Morgan fingerprint density at radius 3 is 2.38 bits per heavy atom. The van der Waals surface area contributed by atoms with Crippen LogP contribution in [0.15, 0.2) is 21.0 Å². The summed E-state index contributed by atoms with van der Waals surface area (Å²) >= 11 is 3.51. The molecule has 0 fully saturated rings. The zero-order valence-corrected chi connectivity index (χ0v) is 17.1. The molecule has 138 valence electrons. The predicted molar refractivity (Wildman–Crippen MR) is 103 cm³/mol. The van der Waals surface area contributed by atoms with E-state index in [-0.39, 0.29) is 11.7 Å². The smallest absolute Gasteiger partial charge is 0.291 e. The van der Waals surface area contributed by atoms with E-state index in [0.29, 0.717) is 12.3 Å². The van der Waals surface area contributed by atoms with Crippen molar-refractivity contribution in [2.24, 2.45) is 0 Å². The molecule has 0 spiro atoms. The summed E-state index contributed by atoms with van der Waals surface area (Å²) in [4.78, 5) is 12.5. The van der Waals surface area contributed by atoms with Crippen LogP contribution in [0.5, 0.6) is 0 Å². The highest BCUT2D eigenvalue weighted by Crippen LogP contribution is 2.23. The first kappa shape index (κ1) is 18.4. The first-order chi connectivity index (χ1) is 12.3. The summed E-state index contributed by atoms with van der Waals surface area (Å²) in [7, 11) is 0. The van der Waals surface area contributed by atoms with Crippen molar-refractivity contribution >= 4 is 27.5 Å². The first-order valence-corrected chi connectivity index (χ1v) is 9.24. The van der Waals surface area contributed by atoms with E-state index in [2.05, 4.69) is 31.4 Å². The molecule has 0 bridgehead atoms. The van der Waals surface area contributed by atoms with Gasteiger partial charge in [0.1, 0.15) is 5.76 Å². The number of furan rings is 1. The SMILES string of the molecule is CCn1nc(C)c(NC(=O)c2ccc(Cn3nc(C)c(Br)c3C)o2)c1C. The van der Waals surface area contributed by atoms with Crippen molar-refractivity contribution in [2.45, 2.75) is 47.7 Å². The number of carbonyl (C=O) groups excluding carboxylic acids is 1. The van der Waals surface area contributed by atoms with E-state index in [4.69, 9.17) is 4.42 Å². The number of halogens is 1. The van der Waals surface area contributed by atoms with Crippen molar-refractivity contribution in [2.75, 3.05) is 5.32 Å². The van der Waals surface area contributed by atoms with Crippen LogP contribution in [0.2, 0.25) is 0 Å². The molecular weight excluding hydrogens is 398 g/mol. The highest BCUT2D eigenvalue weighted by molar-refractivity contribution is 9.10. The highest BCUT2D eigenvalue weighted by atomic mass is 79.9. The Kier molecular flexibility index (Phi) is 5.04. The second-order valence-electron chi connectivity index (χ2n) is 6.22. The molecule has 0 aliphatic carbocycles. The number of nitrogens with zero attached hydrogens (tertiary/aromatic N) is 4. The van der Waals surface area contributed by atoms with E-state index in [1.54, 1.807) is 12.1 Å². The topological polar surface area (TPSA) is 77.9 Å². The van der Waals surface area contributed by atoms with Crippen LogP contribution < -0.4 is 5.32 Å². The van der Waals surface area contributed by atoms with E-state index in [9.17, 15) is 4.79 Å². The van der Waals surface area contributed by atoms with E-state index >= 15 is 0 Å². The van der Waals surface area contributed by atoms with Gasteiger partial charge in [0.25, 0.3) is 5.91 Å². The van der Waals surface area contributed by atoms with Crippen molar-refractivity contribution in [1.82, 2.24) is 19.6 Å². The maximum absolute atomic E-state index is 12.5. The molecule has 0 aliphatic rings. The summed E-state index contributed by atoms with van der Waals surface area (Å²) in [5.74, 6) is 0.655. The van der Waals surface area contributed by atoms with Crippen LogP contribution in [0.1, 0.15) is 46.0 Å². The van der Waals surface area contributed by atoms with Crippen LogP contribution in [0.3, 0.4) is 0 Å². The fourth-order valence-corrected chi connectivity index (χ4v) is 3.21.